The number of hydrogen-bond donors (Lipinski definition) is 1. The van der Waals surface area contributed by atoms with Gasteiger partial charge in [-0.2, -0.15) is 0 Å². The molecular formula is C16H20N2. The molecule has 1 aromatic heterocycles. The van der Waals surface area contributed by atoms with E-state index in [2.05, 4.69) is 35.3 Å². The highest BCUT2D eigenvalue weighted by atomic mass is 14.7. The molecule has 1 aromatic carbocycles. The summed E-state index contributed by atoms with van der Waals surface area (Å²) in [5.74, 6) is 0.690. The Kier molecular flexibility index (Phi) is 3.04. The highest BCUT2D eigenvalue weighted by Gasteiger charge is 2.20. The molecule has 2 N–H and O–H groups in total. The first-order valence-electron chi connectivity index (χ1n) is 6.85. The molecule has 2 heteroatoms. The molecule has 94 valence electrons. The second-order valence-corrected chi connectivity index (χ2v) is 5.52. The largest absolute Gasteiger partial charge is 0.328 e. The standard InChI is InChI=1S/C16H20N2/c1-11-2-3-14-10-13(6-9-16(14)18-11)12-4-7-15(17)8-5-12/h2-3,6,9-10,12,15H,4-5,7-8,17H2,1H3. The van der Waals surface area contributed by atoms with Gasteiger partial charge in [-0.1, -0.05) is 12.1 Å². The van der Waals surface area contributed by atoms with Gasteiger partial charge in [-0.3, -0.25) is 4.98 Å². The molecule has 0 saturated heterocycles. The Morgan fingerprint density at radius 1 is 1.06 bits per heavy atom. The Balaban J connectivity index is 1.91. The van der Waals surface area contributed by atoms with Crippen LogP contribution in [0, 0.1) is 6.92 Å². The minimum atomic E-state index is 0.422. The fourth-order valence-corrected chi connectivity index (χ4v) is 2.95. The SMILES string of the molecule is Cc1ccc2cc(C3CCC(N)CC3)ccc2n1. The summed E-state index contributed by atoms with van der Waals surface area (Å²) in [7, 11) is 0. The zero-order valence-corrected chi connectivity index (χ0v) is 10.9. The summed E-state index contributed by atoms with van der Waals surface area (Å²) in [5.41, 5.74) is 9.62. The number of hydrogen-bond acceptors (Lipinski definition) is 2. The molecular weight excluding hydrogens is 220 g/mol. The third kappa shape index (κ3) is 2.25. The number of benzene rings is 1. The number of fused-ring (bicyclic) bond motifs is 1. The lowest BCUT2D eigenvalue weighted by atomic mass is 9.82. The van der Waals surface area contributed by atoms with Crippen LogP contribution >= 0.6 is 0 Å². The van der Waals surface area contributed by atoms with Crippen LogP contribution in [0.15, 0.2) is 30.3 Å². The first kappa shape index (κ1) is 11.7. The van der Waals surface area contributed by atoms with Crippen LogP contribution in [0.3, 0.4) is 0 Å². The van der Waals surface area contributed by atoms with E-state index in [1.807, 2.05) is 6.92 Å². The summed E-state index contributed by atoms with van der Waals surface area (Å²) >= 11 is 0. The fourth-order valence-electron chi connectivity index (χ4n) is 2.95. The minimum absolute atomic E-state index is 0.422. The van der Waals surface area contributed by atoms with Crippen LogP contribution in [-0.4, -0.2) is 11.0 Å². The molecule has 2 aromatic rings. The van der Waals surface area contributed by atoms with Crippen molar-refractivity contribution < 1.29 is 0 Å². The summed E-state index contributed by atoms with van der Waals surface area (Å²) < 4.78 is 0. The number of aryl methyl sites for hydroxylation is 1. The molecule has 0 spiro atoms. The summed E-state index contributed by atoms with van der Waals surface area (Å²) in [5, 5.41) is 1.26. The van der Waals surface area contributed by atoms with Gasteiger partial charge in [-0.05, 0) is 62.3 Å². The first-order valence-corrected chi connectivity index (χ1v) is 6.85. The van der Waals surface area contributed by atoms with Gasteiger partial charge in [0, 0.05) is 17.1 Å². The van der Waals surface area contributed by atoms with E-state index in [0.717, 1.165) is 24.1 Å². The number of aromatic nitrogens is 1. The Morgan fingerprint density at radius 3 is 2.61 bits per heavy atom. The van der Waals surface area contributed by atoms with E-state index in [1.165, 1.54) is 23.8 Å². The Hall–Kier alpha value is -1.41. The molecule has 0 unspecified atom stereocenters. The molecule has 18 heavy (non-hydrogen) atoms. The summed E-state index contributed by atoms with van der Waals surface area (Å²) in [4.78, 5) is 4.55. The molecule has 1 fully saturated rings. The number of rotatable bonds is 1. The van der Waals surface area contributed by atoms with E-state index in [1.54, 1.807) is 0 Å². The Morgan fingerprint density at radius 2 is 1.83 bits per heavy atom. The van der Waals surface area contributed by atoms with Crippen molar-refractivity contribution in [2.24, 2.45) is 5.73 Å². The van der Waals surface area contributed by atoms with Crippen LogP contribution in [0.5, 0.6) is 0 Å². The van der Waals surface area contributed by atoms with E-state index in [0.29, 0.717) is 12.0 Å². The van der Waals surface area contributed by atoms with Crippen LogP contribution in [0.1, 0.15) is 42.9 Å². The van der Waals surface area contributed by atoms with E-state index in [4.69, 9.17) is 5.73 Å². The van der Waals surface area contributed by atoms with Gasteiger partial charge >= 0.3 is 0 Å². The highest BCUT2D eigenvalue weighted by molar-refractivity contribution is 5.79. The van der Waals surface area contributed by atoms with Crippen LogP contribution in [0.4, 0.5) is 0 Å². The maximum Gasteiger partial charge on any atom is 0.0705 e. The zero-order chi connectivity index (χ0) is 12.5. The topological polar surface area (TPSA) is 38.9 Å². The monoisotopic (exact) mass is 240 g/mol. The van der Waals surface area contributed by atoms with Gasteiger partial charge in [-0.25, -0.2) is 0 Å². The summed E-state index contributed by atoms with van der Waals surface area (Å²) in [6.45, 7) is 2.04. The predicted octanol–water partition coefficient (Wildman–Crippen LogP) is 3.53. The van der Waals surface area contributed by atoms with E-state index < -0.39 is 0 Å². The molecule has 1 heterocycles. The lowest BCUT2D eigenvalue weighted by Crippen LogP contribution is -2.25. The Bertz CT molecular complexity index is 554. The molecule has 1 aliphatic rings. The second-order valence-electron chi connectivity index (χ2n) is 5.52. The van der Waals surface area contributed by atoms with Crippen LogP contribution in [-0.2, 0) is 0 Å². The molecule has 0 radical (unpaired) electrons. The van der Waals surface area contributed by atoms with Crippen LogP contribution in [0.2, 0.25) is 0 Å². The van der Waals surface area contributed by atoms with Gasteiger partial charge in [0.05, 0.1) is 5.52 Å². The normalized spacial score (nSPS) is 24.3. The number of pyridine rings is 1. The van der Waals surface area contributed by atoms with Crippen molar-refractivity contribution in [3.63, 3.8) is 0 Å². The van der Waals surface area contributed by atoms with Crippen molar-refractivity contribution in [1.29, 1.82) is 0 Å². The highest BCUT2D eigenvalue weighted by Crippen LogP contribution is 2.33. The lowest BCUT2D eigenvalue weighted by Gasteiger charge is -2.26. The summed E-state index contributed by atoms with van der Waals surface area (Å²) in [6.07, 6.45) is 4.78. The third-order valence-electron chi connectivity index (χ3n) is 4.10. The smallest absolute Gasteiger partial charge is 0.0705 e. The molecule has 1 aliphatic carbocycles. The van der Waals surface area contributed by atoms with Crippen molar-refractivity contribution in [2.75, 3.05) is 0 Å². The van der Waals surface area contributed by atoms with Crippen molar-refractivity contribution in [3.05, 3.63) is 41.6 Å². The molecule has 0 atom stereocenters. The molecule has 0 aliphatic heterocycles. The van der Waals surface area contributed by atoms with Gasteiger partial charge in [0.1, 0.15) is 0 Å². The van der Waals surface area contributed by atoms with Gasteiger partial charge in [0.2, 0.25) is 0 Å². The fraction of sp³-hybridized carbons (Fsp3) is 0.438. The average Bonchev–Trinajstić information content (AvgIpc) is 2.39. The third-order valence-corrected chi connectivity index (χ3v) is 4.10. The maximum absolute atomic E-state index is 5.97. The summed E-state index contributed by atoms with van der Waals surface area (Å²) in [6, 6.07) is 11.4. The molecule has 0 bridgehead atoms. The van der Waals surface area contributed by atoms with E-state index in [-0.39, 0.29) is 0 Å². The molecule has 1 saturated carbocycles. The minimum Gasteiger partial charge on any atom is -0.328 e. The molecule has 2 nitrogen and oxygen atoms in total. The lowest BCUT2D eigenvalue weighted by molar-refractivity contribution is 0.396. The van der Waals surface area contributed by atoms with Crippen molar-refractivity contribution in [2.45, 2.75) is 44.6 Å². The van der Waals surface area contributed by atoms with E-state index in [9.17, 15) is 0 Å². The quantitative estimate of drug-likeness (QED) is 0.828. The van der Waals surface area contributed by atoms with Gasteiger partial charge in [-0.15, -0.1) is 0 Å². The first-order chi connectivity index (χ1) is 8.72. The van der Waals surface area contributed by atoms with E-state index >= 15 is 0 Å². The molecule has 3 rings (SSSR count). The van der Waals surface area contributed by atoms with Gasteiger partial charge < -0.3 is 5.73 Å². The van der Waals surface area contributed by atoms with Gasteiger partial charge in [0.15, 0.2) is 0 Å². The zero-order valence-electron chi connectivity index (χ0n) is 10.9. The van der Waals surface area contributed by atoms with Crippen molar-refractivity contribution in [1.82, 2.24) is 4.98 Å². The predicted molar refractivity (Wildman–Crippen MR) is 75.7 cm³/mol. The second kappa shape index (κ2) is 4.69. The Labute approximate surface area is 108 Å². The van der Waals surface area contributed by atoms with Crippen molar-refractivity contribution in [3.8, 4) is 0 Å². The number of nitrogens with zero attached hydrogens (tertiary/aromatic N) is 1. The van der Waals surface area contributed by atoms with Crippen molar-refractivity contribution >= 4 is 10.9 Å². The van der Waals surface area contributed by atoms with Gasteiger partial charge in [0.25, 0.3) is 0 Å². The van der Waals surface area contributed by atoms with Crippen LogP contribution in [0.25, 0.3) is 10.9 Å². The number of nitrogens with two attached hydrogens (primary N) is 1. The maximum atomic E-state index is 5.97. The van der Waals surface area contributed by atoms with Crippen LogP contribution < -0.4 is 5.73 Å². The average molecular weight is 240 g/mol. The molecule has 0 amide bonds.